The van der Waals surface area contributed by atoms with Crippen molar-refractivity contribution in [2.75, 3.05) is 6.61 Å². The van der Waals surface area contributed by atoms with E-state index in [4.69, 9.17) is 4.74 Å². The Bertz CT molecular complexity index is 336. The van der Waals surface area contributed by atoms with Gasteiger partial charge in [0.25, 0.3) is 0 Å². The molecule has 0 spiro atoms. The van der Waals surface area contributed by atoms with Crippen LogP contribution in [0, 0.1) is 5.92 Å². The van der Waals surface area contributed by atoms with Gasteiger partial charge in [0.1, 0.15) is 0 Å². The highest BCUT2D eigenvalue weighted by Crippen LogP contribution is 2.43. The maximum atomic E-state index is 6.18. The summed E-state index contributed by atoms with van der Waals surface area (Å²) in [6.45, 7) is 5.22. The van der Waals surface area contributed by atoms with Crippen molar-refractivity contribution in [1.82, 2.24) is 0 Å². The van der Waals surface area contributed by atoms with Crippen LogP contribution < -0.4 is 0 Å². The molecular weight excluding hydrogens is 220 g/mol. The molecule has 2 rings (SSSR count). The smallest absolute Gasteiger partial charge is 0.0931 e. The van der Waals surface area contributed by atoms with Gasteiger partial charge in [0.15, 0.2) is 0 Å². The fourth-order valence-electron chi connectivity index (χ4n) is 3.38. The maximum absolute atomic E-state index is 6.18. The molecule has 1 saturated carbocycles. The summed E-state index contributed by atoms with van der Waals surface area (Å²) in [6, 6.07) is 10.8. The standard InChI is InChI=1S/C17H26O/c1-3-8-15-11-13-17(14-12-15,18-4-2)16-9-6-5-7-10-16/h5-7,9-10,15H,3-4,8,11-14H2,1-2H3. The predicted octanol–water partition coefficient (Wildman–Crippen LogP) is 4.91. The van der Waals surface area contributed by atoms with Crippen LogP contribution in [0.2, 0.25) is 0 Å². The summed E-state index contributed by atoms with van der Waals surface area (Å²) in [7, 11) is 0. The molecule has 0 saturated heterocycles. The molecule has 1 aliphatic rings. The number of ether oxygens (including phenoxy) is 1. The third-order valence-electron chi connectivity index (χ3n) is 4.33. The lowest BCUT2D eigenvalue weighted by Gasteiger charge is -2.40. The van der Waals surface area contributed by atoms with E-state index in [0.29, 0.717) is 0 Å². The third kappa shape index (κ3) is 2.95. The third-order valence-corrected chi connectivity index (χ3v) is 4.33. The van der Waals surface area contributed by atoms with Gasteiger partial charge in [-0.2, -0.15) is 0 Å². The Labute approximate surface area is 112 Å². The summed E-state index contributed by atoms with van der Waals surface area (Å²) in [5, 5.41) is 0. The molecule has 0 atom stereocenters. The lowest BCUT2D eigenvalue weighted by molar-refractivity contribution is -0.0794. The average molecular weight is 246 g/mol. The van der Waals surface area contributed by atoms with Crippen LogP contribution in [0.3, 0.4) is 0 Å². The number of hydrogen-bond acceptors (Lipinski definition) is 1. The first-order valence-corrected chi connectivity index (χ1v) is 7.50. The normalized spacial score (nSPS) is 28.2. The quantitative estimate of drug-likeness (QED) is 0.717. The molecule has 0 amide bonds. The summed E-state index contributed by atoms with van der Waals surface area (Å²) in [6.07, 6.45) is 7.73. The molecule has 100 valence electrons. The maximum Gasteiger partial charge on any atom is 0.0931 e. The van der Waals surface area contributed by atoms with Crippen molar-refractivity contribution in [1.29, 1.82) is 0 Å². The van der Waals surface area contributed by atoms with Crippen molar-refractivity contribution in [2.24, 2.45) is 5.92 Å². The summed E-state index contributed by atoms with van der Waals surface area (Å²) in [5.41, 5.74) is 1.38. The monoisotopic (exact) mass is 246 g/mol. The molecule has 0 bridgehead atoms. The fraction of sp³-hybridized carbons (Fsp3) is 0.647. The fourth-order valence-corrected chi connectivity index (χ4v) is 3.38. The molecular formula is C17H26O. The van der Waals surface area contributed by atoms with Crippen LogP contribution >= 0.6 is 0 Å². The van der Waals surface area contributed by atoms with Crippen LogP contribution in [0.25, 0.3) is 0 Å². The van der Waals surface area contributed by atoms with E-state index in [2.05, 4.69) is 44.2 Å². The topological polar surface area (TPSA) is 9.23 Å². The second kappa shape index (κ2) is 6.38. The second-order valence-corrected chi connectivity index (χ2v) is 5.53. The minimum absolute atomic E-state index is 0.000249. The van der Waals surface area contributed by atoms with E-state index in [1.54, 1.807) is 0 Å². The van der Waals surface area contributed by atoms with Gasteiger partial charge in [-0.3, -0.25) is 0 Å². The average Bonchev–Trinajstić information content (AvgIpc) is 2.43. The lowest BCUT2D eigenvalue weighted by atomic mass is 9.74. The number of rotatable bonds is 5. The van der Waals surface area contributed by atoms with E-state index in [9.17, 15) is 0 Å². The van der Waals surface area contributed by atoms with Crippen LogP contribution in [0.1, 0.15) is 57.9 Å². The Hall–Kier alpha value is -0.820. The molecule has 1 nitrogen and oxygen atoms in total. The highest BCUT2D eigenvalue weighted by Gasteiger charge is 2.36. The lowest BCUT2D eigenvalue weighted by Crippen LogP contribution is -2.34. The van der Waals surface area contributed by atoms with E-state index >= 15 is 0 Å². The van der Waals surface area contributed by atoms with Gasteiger partial charge in [0, 0.05) is 6.61 Å². The Kier molecular flexibility index (Phi) is 4.82. The van der Waals surface area contributed by atoms with E-state index in [1.165, 1.54) is 44.1 Å². The van der Waals surface area contributed by atoms with Crippen molar-refractivity contribution >= 4 is 0 Å². The van der Waals surface area contributed by atoms with Gasteiger partial charge < -0.3 is 4.74 Å². The molecule has 18 heavy (non-hydrogen) atoms. The number of hydrogen-bond donors (Lipinski definition) is 0. The molecule has 0 unspecified atom stereocenters. The minimum Gasteiger partial charge on any atom is -0.371 e. The van der Waals surface area contributed by atoms with Crippen LogP contribution in [-0.2, 0) is 10.3 Å². The first kappa shape index (κ1) is 13.6. The van der Waals surface area contributed by atoms with E-state index in [-0.39, 0.29) is 5.60 Å². The van der Waals surface area contributed by atoms with E-state index < -0.39 is 0 Å². The Morgan fingerprint density at radius 3 is 2.33 bits per heavy atom. The van der Waals surface area contributed by atoms with Crippen molar-refractivity contribution in [2.45, 2.75) is 58.0 Å². The highest BCUT2D eigenvalue weighted by atomic mass is 16.5. The zero-order chi connectivity index (χ0) is 12.8. The molecule has 0 radical (unpaired) electrons. The zero-order valence-corrected chi connectivity index (χ0v) is 11.8. The van der Waals surface area contributed by atoms with E-state index in [1.807, 2.05) is 0 Å². The SMILES string of the molecule is CCCC1CCC(OCC)(c2ccccc2)CC1. The van der Waals surface area contributed by atoms with E-state index in [0.717, 1.165) is 12.5 Å². The molecule has 0 N–H and O–H groups in total. The van der Waals surface area contributed by atoms with Crippen molar-refractivity contribution in [3.63, 3.8) is 0 Å². The molecule has 1 aromatic rings. The van der Waals surface area contributed by atoms with Gasteiger partial charge in [0.2, 0.25) is 0 Å². The van der Waals surface area contributed by atoms with Gasteiger partial charge in [-0.1, -0.05) is 50.1 Å². The van der Waals surface area contributed by atoms with Crippen LogP contribution in [0.15, 0.2) is 30.3 Å². The molecule has 1 aromatic carbocycles. The summed E-state index contributed by atoms with van der Waals surface area (Å²) < 4.78 is 6.18. The second-order valence-electron chi connectivity index (χ2n) is 5.53. The van der Waals surface area contributed by atoms with Gasteiger partial charge in [-0.05, 0) is 44.1 Å². The first-order chi connectivity index (χ1) is 8.80. The largest absolute Gasteiger partial charge is 0.371 e. The first-order valence-electron chi connectivity index (χ1n) is 7.50. The summed E-state index contributed by atoms with van der Waals surface area (Å²) >= 11 is 0. The molecule has 1 aliphatic carbocycles. The Balaban J connectivity index is 2.10. The van der Waals surface area contributed by atoms with Crippen LogP contribution in [-0.4, -0.2) is 6.61 Å². The van der Waals surface area contributed by atoms with Crippen molar-refractivity contribution in [3.05, 3.63) is 35.9 Å². The molecule has 0 aliphatic heterocycles. The Morgan fingerprint density at radius 1 is 1.11 bits per heavy atom. The minimum atomic E-state index is 0.000249. The number of benzene rings is 1. The van der Waals surface area contributed by atoms with Gasteiger partial charge >= 0.3 is 0 Å². The van der Waals surface area contributed by atoms with Gasteiger partial charge in [-0.25, -0.2) is 0 Å². The van der Waals surface area contributed by atoms with Crippen LogP contribution in [0.5, 0.6) is 0 Å². The van der Waals surface area contributed by atoms with Crippen LogP contribution in [0.4, 0.5) is 0 Å². The zero-order valence-electron chi connectivity index (χ0n) is 11.8. The molecule has 1 fully saturated rings. The van der Waals surface area contributed by atoms with Crippen molar-refractivity contribution in [3.8, 4) is 0 Å². The highest BCUT2D eigenvalue weighted by molar-refractivity contribution is 5.23. The predicted molar refractivity (Wildman–Crippen MR) is 76.6 cm³/mol. The molecule has 0 aromatic heterocycles. The summed E-state index contributed by atoms with van der Waals surface area (Å²) in [4.78, 5) is 0. The summed E-state index contributed by atoms with van der Waals surface area (Å²) in [5.74, 6) is 0.923. The van der Waals surface area contributed by atoms with Gasteiger partial charge in [0.05, 0.1) is 5.60 Å². The molecule has 0 heterocycles. The van der Waals surface area contributed by atoms with Gasteiger partial charge in [-0.15, -0.1) is 0 Å². The molecule has 1 heteroatoms. The van der Waals surface area contributed by atoms with Crippen molar-refractivity contribution < 1.29 is 4.74 Å². The Morgan fingerprint density at radius 2 is 1.78 bits per heavy atom.